The molecule has 3 aromatic rings. The van der Waals surface area contributed by atoms with Crippen molar-refractivity contribution in [1.82, 2.24) is 10.3 Å². The number of thiazole rings is 1. The fraction of sp³-hybridized carbons (Fsp3) is 0.286. The number of rotatable bonds is 10. The Bertz CT molecular complexity index is 921. The molecule has 2 aromatic carbocycles. The zero-order valence-electron chi connectivity index (χ0n) is 15.4. The minimum Gasteiger partial charge on any atom is -0.482 e. The number of aryl methyl sites for hydroxylation is 1. The van der Waals surface area contributed by atoms with Gasteiger partial charge in [0.15, 0.2) is 6.61 Å². The van der Waals surface area contributed by atoms with Gasteiger partial charge in [-0.15, -0.1) is 11.3 Å². The minimum atomic E-state index is -1.02. The van der Waals surface area contributed by atoms with Crippen LogP contribution >= 0.6 is 11.3 Å². The van der Waals surface area contributed by atoms with E-state index in [0.29, 0.717) is 18.7 Å². The molecule has 146 valence electrons. The van der Waals surface area contributed by atoms with Gasteiger partial charge in [0.05, 0.1) is 15.2 Å². The van der Waals surface area contributed by atoms with Gasteiger partial charge in [-0.25, -0.2) is 9.78 Å². The third-order valence-corrected chi connectivity index (χ3v) is 5.23. The molecule has 0 radical (unpaired) electrons. The summed E-state index contributed by atoms with van der Waals surface area (Å²) in [6.45, 7) is 0.00540. The lowest BCUT2D eigenvalue weighted by Gasteiger charge is -2.08. The van der Waals surface area contributed by atoms with Crippen LogP contribution in [0.25, 0.3) is 10.2 Å². The van der Waals surface area contributed by atoms with E-state index in [9.17, 15) is 9.59 Å². The first-order chi connectivity index (χ1) is 13.6. The van der Waals surface area contributed by atoms with Gasteiger partial charge in [-0.05, 0) is 49.1 Å². The monoisotopic (exact) mass is 398 g/mol. The molecule has 1 aromatic heterocycles. The maximum atomic E-state index is 12.0. The fourth-order valence-electron chi connectivity index (χ4n) is 2.77. The molecule has 6 nitrogen and oxygen atoms in total. The molecule has 2 N–H and O–H groups in total. The molecule has 3 rings (SSSR count). The van der Waals surface area contributed by atoms with Crippen molar-refractivity contribution in [1.29, 1.82) is 0 Å². The molecule has 7 heteroatoms. The summed E-state index contributed by atoms with van der Waals surface area (Å²) in [6.07, 6.45) is 3.09. The standard InChI is InChI=1S/C21H22N2O4S/c24-19(22-13-15-6-5-7-16(12-15)27-14-21(25)26)10-3-4-11-20-23-17-8-1-2-9-18(17)28-20/h1-2,5-9,12H,3-4,10-11,13-14H2,(H,22,24)(H,25,26). The first kappa shape index (κ1) is 19.8. The highest BCUT2D eigenvalue weighted by molar-refractivity contribution is 7.18. The van der Waals surface area contributed by atoms with E-state index < -0.39 is 5.97 Å². The minimum absolute atomic E-state index is 0.00107. The Morgan fingerprint density at radius 1 is 1.11 bits per heavy atom. The molecule has 0 bridgehead atoms. The Morgan fingerprint density at radius 2 is 1.96 bits per heavy atom. The van der Waals surface area contributed by atoms with Gasteiger partial charge in [0.1, 0.15) is 5.75 Å². The van der Waals surface area contributed by atoms with Crippen molar-refractivity contribution in [2.75, 3.05) is 6.61 Å². The molecule has 0 saturated heterocycles. The number of benzene rings is 2. The Balaban J connectivity index is 1.36. The maximum absolute atomic E-state index is 12.0. The largest absolute Gasteiger partial charge is 0.482 e. The number of amides is 1. The first-order valence-electron chi connectivity index (χ1n) is 9.15. The summed E-state index contributed by atoms with van der Waals surface area (Å²) in [4.78, 5) is 27.2. The lowest BCUT2D eigenvalue weighted by atomic mass is 10.2. The van der Waals surface area contributed by atoms with Crippen LogP contribution < -0.4 is 10.1 Å². The summed E-state index contributed by atoms with van der Waals surface area (Å²) in [7, 11) is 0. The second-order valence-corrected chi connectivity index (χ2v) is 7.50. The molecular formula is C21H22N2O4S. The maximum Gasteiger partial charge on any atom is 0.341 e. The number of aromatic nitrogens is 1. The normalized spacial score (nSPS) is 10.7. The van der Waals surface area contributed by atoms with E-state index in [4.69, 9.17) is 9.84 Å². The van der Waals surface area contributed by atoms with Crippen molar-refractivity contribution < 1.29 is 19.4 Å². The molecule has 0 aliphatic heterocycles. The van der Waals surface area contributed by atoms with Crippen LogP contribution in [0.15, 0.2) is 48.5 Å². The van der Waals surface area contributed by atoms with Crippen LogP contribution in [-0.2, 0) is 22.6 Å². The quantitative estimate of drug-likeness (QED) is 0.507. The van der Waals surface area contributed by atoms with Crippen molar-refractivity contribution in [3.8, 4) is 5.75 Å². The zero-order chi connectivity index (χ0) is 19.8. The summed E-state index contributed by atoms with van der Waals surface area (Å²) in [5.74, 6) is -0.546. The average molecular weight is 398 g/mol. The second kappa shape index (κ2) is 9.85. The Hall–Kier alpha value is -2.93. The van der Waals surface area contributed by atoms with E-state index in [-0.39, 0.29) is 12.5 Å². The van der Waals surface area contributed by atoms with Crippen molar-refractivity contribution >= 4 is 33.4 Å². The van der Waals surface area contributed by atoms with Gasteiger partial charge in [-0.1, -0.05) is 24.3 Å². The van der Waals surface area contributed by atoms with E-state index in [1.54, 1.807) is 29.5 Å². The Labute approximate surface area is 167 Å². The van der Waals surface area contributed by atoms with Crippen LogP contribution in [0.2, 0.25) is 0 Å². The van der Waals surface area contributed by atoms with E-state index >= 15 is 0 Å². The zero-order valence-corrected chi connectivity index (χ0v) is 16.2. The molecular weight excluding hydrogens is 376 g/mol. The van der Waals surface area contributed by atoms with Crippen LogP contribution in [0.5, 0.6) is 5.75 Å². The highest BCUT2D eigenvalue weighted by Crippen LogP contribution is 2.22. The molecule has 0 spiro atoms. The SMILES string of the molecule is O=C(O)COc1cccc(CNC(=O)CCCCc2nc3ccccc3s2)c1. The number of para-hydroxylation sites is 1. The molecule has 28 heavy (non-hydrogen) atoms. The summed E-state index contributed by atoms with van der Waals surface area (Å²) in [5.41, 5.74) is 1.90. The summed E-state index contributed by atoms with van der Waals surface area (Å²) < 4.78 is 6.34. The Morgan fingerprint density at radius 3 is 2.79 bits per heavy atom. The van der Waals surface area contributed by atoms with E-state index in [0.717, 1.165) is 35.4 Å². The molecule has 1 amide bonds. The third-order valence-electron chi connectivity index (χ3n) is 4.13. The van der Waals surface area contributed by atoms with Crippen molar-refractivity contribution in [3.63, 3.8) is 0 Å². The smallest absolute Gasteiger partial charge is 0.341 e. The van der Waals surface area contributed by atoms with Crippen LogP contribution in [0.1, 0.15) is 29.8 Å². The predicted octanol–water partition coefficient (Wildman–Crippen LogP) is 3.79. The van der Waals surface area contributed by atoms with Crippen LogP contribution in [-0.4, -0.2) is 28.6 Å². The fourth-order valence-corrected chi connectivity index (χ4v) is 3.78. The number of carboxylic acid groups (broad SMARTS) is 1. The number of hydrogen-bond acceptors (Lipinski definition) is 5. The lowest BCUT2D eigenvalue weighted by Crippen LogP contribution is -2.22. The number of carbonyl (C=O) groups is 2. The van der Waals surface area contributed by atoms with Crippen LogP contribution in [0.4, 0.5) is 0 Å². The summed E-state index contributed by atoms with van der Waals surface area (Å²) >= 11 is 1.71. The van der Waals surface area contributed by atoms with Gasteiger partial charge in [0.2, 0.25) is 5.91 Å². The number of hydrogen-bond donors (Lipinski definition) is 2. The number of unbranched alkanes of at least 4 members (excludes halogenated alkanes) is 1. The molecule has 0 unspecified atom stereocenters. The number of ether oxygens (including phenoxy) is 1. The van der Waals surface area contributed by atoms with E-state index in [1.807, 2.05) is 24.3 Å². The summed E-state index contributed by atoms with van der Waals surface area (Å²) in [5, 5.41) is 12.6. The predicted molar refractivity (Wildman–Crippen MR) is 109 cm³/mol. The summed E-state index contributed by atoms with van der Waals surface area (Å²) in [6, 6.07) is 15.2. The number of fused-ring (bicyclic) bond motifs is 1. The van der Waals surface area contributed by atoms with Crippen molar-refractivity contribution in [3.05, 3.63) is 59.1 Å². The van der Waals surface area contributed by atoms with Crippen molar-refractivity contribution in [2.24, 2.45) is 0 Å². The third kappa shape index (κ3) is 6.06. The highest BCUT2D eigenvalue weighted by atomic mass is 32.1. The lowest BCUT2D eigenvalue weighted by molar-refractivity contribution is -0.139. The van der Waals surface area contributed by atoms with Crippen LogP contribution in [0.3, 0.4) is 0 Å². The molecule has 0 saturated carbocycles. The van der Waals surface area contributed by atoms with Crippen LogP contribution in [0, 0.1) is 0 Å². The molecule has 0 atom stereocenters. The molecule has 0 fully saturated rings. The first-order valence-corrected chi connectivity index (χ1v) is 9.96. The number of nitrogens with zero attached hydrogens (tertiary/aromatic N) is 1. The van der Waals surface area contributed by atoms with Crippen molar-refractivity contribution in [2.45, 2.75) is 32.2 Å². The van der Waals surface area contributed by atoms with Gasteiger partial charge in [-0.2, -0.15) is 0 Å². The van der Waals surface area contributed by atoms with Gasteiger partial charge < -0.3 is 15.2 Å². The number of carboxylic acids is 1. The molecule has 0 aliphatic carbocycles. The molecule has 1 heterocycles. The van der Waals surface area contributed by atoms with Gasteiger partial charge in [-0.3, -0.25) is 4.79 Å². The highest BCUT2D eigenvalue weighted by Gasteiger charge is 2.06. The second-order valence-electron chi connectivity index (χ2n) is 6.39. The number of carbonyl (C=O) groups excluding carboxylic acids is 1. The van der Waals surface area contributed by atoms with E-state index in [2.05, 4.69) is 16.4 Å². The van der Waals surface area contributed by atoms with Gasteiger partial charge >= 0.3 is 5.97 Å². The Kier molecular flexibility index (Phi) is 6.97. The number of aliphatic carboxylic acids is 1. The van der Waals surface area contributed by atoms with E-state index in [1.165, 1.54) is 4.70 Å². The number of nitrogens with one attached hydrogen (secondary N) is 1. The average Bonchev–Trinajstić information content (AvgIpc) is 3.11. The van der Waals surface area contributed by atoms with Gasteiger partial charge in [0.25, 0.3) is 0 Å². The topological polar surface area (TPSA) is 88.5 Å². The van der Waals surface area contributed by atoms with Gasteiger partial charge in [0, 0.05) is 13.0 Å². The molecule has 0 aliphatic rings.